The SMILES string of the molecule is CN1CCC(COc2ccc(C=O)cc2Cl)C1. The Kier molecular flexibility index (Phi) is 4.02. The summed E-state index contributed by atoms with van der Waals surface area (Å²) in [5.74, 6) is 1.23. The molecule has 1 saturated heterocycles. The van der Waals surface area contributed by atoms with Crippen molar-refractivity contribution < 1.29 is 9.53 Å². The molecule has 92 valence electrons. The van der Waals surface area contributed by atoms with Gasteiger partial charge in [-0.2, -0.15) is 0 Å². The van der Waals surface area contributed by atoms with Crippen LogP contribution in [0.5, 0.6) is 5.75 Å². The van der Waals surface area contributed by atoms with Gasteiger partial charge >= 0.3 is 0 Å². The molecule has 1 heterocycles. The van der Waals surface area contributed by atoms with Crippen LogP contribution in [0.4, 0.5) is 0 Å². The molecular formula is C13H16ClNO2. The van der Waals surface area contributed by atoms with Gasteiger partial charge in [0.15, 0.2) is 0 Å². The molecule has 0 saturated carbocycles. The molecule has 0 spiro atoms. The maximum absolute atomic E-state index is 10.6. The molecule has 0 aromatic heterocycles. The number of carbonyl (C=O) groups is 1. The van der Waals surface area contributed by atoms with Gasteiger partial charge in [-0.3, -0.25) is 4.79 Å². The fourth-order valence-corrected chi connectivity index (χ4v) is 2.32. The first-order valence-corrected chi connectivity index (χ1v) is 6.13. The van der Waals surface area contributed by atoms with Gasteiger partial charge in [-0.25, -0.2) is 0 Å². The molecule has 1 aromatic carbocycles. The molecule has 0 N–H and O–H groups in total. The molecule has 0 bridgehead atoms. The maximum atomic E-state index is 10.6. The van der Waals surface area contributed by atoms with Gasteiger partial charge in [0, 0.05) is 18.0 Å². The summed E-state index contributed by atoms with van der Waals surface area (Å²) in [4.78, 5) is 12.9. The first-order chi connectivity index (χ1) is 8.19. The van der Waals surface area contributed by atoms with Crippen molar-refractivity contribution in [3.8, 4) is 5.75 Å². The summed E-state index contributed by atoms with van der Waals surface area (Å²) in [6, 6.07) is 5.10. The smallest absolute Gasteiger partial charge is 0.150 e. The highest BCUT2D eigenvalue weighted by molar-refractivity contribution is 6.32. The number of hydrogen-bond acceptors (Lipinski definition) is 3. The zero-order valence-electron chi connectivity index (χ0n) is 9.86. The number of nitrogens with zero attached hydrogens (tertiary/aromatic N) is 1. The second kappa shape index (κ2) is 5.52. The molecule has 1 unspecified atom stereocenters. The van der Waals surface area contributed by atoms with Gasteiger partial charge in [0.2, 0.25) is 0 Å². The molecule has 1 aliphatic rings. The van der Waals surface area contributed by atoms with Gasteiger partial charge in [-0.1, -0.05) is 11.6 Å². The predicted octanol–water partition coefficient (Wildman–Crippen LogP) is 2.48. The average Bonchev–Trinajstić information content (AvgIpc) is 2.73. The van der Waals surface area contributed by atoms with Crippen LogP contribution in [0.1, 0.15) is 16.8 Å². The fourth-order valence-electron chi connectivity index (χ4n) is 2.08. The van der Waals surface area contributed by atoms with Crippen molar-refractivity contribution in [1.29, 1.82) is 0 Å². The highest BCUT2D eigenvalue weighted by Gasteiger charge is 2.20. The molecular weight excluding hydrogens is 238 g/mol. The third kappa shape index (κ3) is 3.20. The summed E-state index contributed by atoms with van der Waals surface area (Å²) in [5, 5.41) is 0.501. The van der Waals surface area contributed by atoms with Crippen LogP contribution in [-0.4, -0.2) is 37.9 Å². The van der Waals surface area contributed by atoms with Gasteiger partial charge in [0.1, 0.15) is 12.0 Å². The van der Waals surface area contributed by atoms with Crippen molar-refractivity contribution >= 4 is 17.9 Å². The summed E-state index contributed by atoms with van der Waals surface area (Å²) in [5.41, 5.74) is 0.572. The molecule has 2 rings (SSSR count). The van der Waals surface area contributed by atoms with Gasteiger partial charge in [-0.15, -0.1) is 0 Å². The fraction of sp³-hybridized carbons (Fsp3) is 0.462. The third-order valence-electron chi connectivity index (χ3n) is 3.06. The number of rotatable bonds is 4. The van der Waals surface area contributed by atoms with Crippen molar-refractivity contribution in [3.05, 3.63) is 28.8 Å². The number of ether oxygens (including phenoxy) is 1. The van der Waals surface area contributed by atoms with Crippen LogP contribution in [0.15, 0.2) is 18.2 Å². The van der Waals surface area contributed by atoms with Crippen molar-refractivity contribution in [2.24, 2.45) is 5.92 Å². The Hall–Kier alpha value is -1.06. The zero-order valence-corrected chi connectivity index (χ0v) is 10.6. The Morgan fingerprint density at radius 1 is 1.59 bits per heavy atom. The van der Waals surface area contributed by atoms with Crippen LogP contribution in [0, 0.1) is 5.92 Å². The highest BCUT2D eigenvalue weighted by Crippen LogP contribution is 2.26. The molecule has 1 fully saturated rings. The van der Waals surface area contributed by atoms with Gasteiger partial charge in [0.05, 0.1) is 11.6 Å². The number of aldehydes is 1. The third-order valence-corrected chi connectivity index (χ3v) is 3.35. The summed E-state index contributed by atoms with van der Waals surface area (Å²) in [6.45, 7) is 2.89. The lowest BCUT2D eigenvalue weighted by Crippen LogP contribution is -2.18. The van der Waals surface area contributed by atoms with E-state index in [4.69, 9.17) is 16.3 Å². The first-order valence-electron chi connectivity index (χ1n) is 5.75. The van der Waals surface area contributed by atoms with Crippen molar-refractivity contribution in [2.75, 3.05) is 26.7 Å². The van der Waals surface area contributed by atoms with E-state index >= 15 is 0 Å². The summed E-state index contributed by atoms with van der Waals surface area (Å²) in [7, 11) is 2.12. The van der Waals surface area contributed by atoms with E-state index in [-0.39, 0.29) is 0 Å². The Morgan fingerprint density at radius 2 is 2.41 bits per heavy atom. The second-order valence-corrected chi connectivity index (χ2v) is 4.94. The van der Waals surface area contributed by atoms with E-state index in [2.05, 4.69) is 11.9 Å². The second-order valence-electron chi connectivity index (χ2n) is 4.54. The van der Waals surface area contributed by atoms with Crippen LogP contribution in [0.25, 0.3) is 0 Å². The van der Waals surface area contributed by atoms with Gasteiger partial charge in [0.25, 0.3) is 0 Å². The van der Waals surface area contributed by atoms with Crippen LogP contribution in [-0.2, 0) is 0 Å². The molecule has 0 amide bonds. The molecule has 1 atom stereocenters. The van der Waals surface area contributed by atoms with Crippen molar-refractivity contribution in [1.82, 2.24) is 4.90 Å². The minimum absolute atomic E-state index is 0.501. The van der Waals surface area contributed by atoms with Crippen LogP contribution < -0.4 is 4.74 Å². The quantitative estimate of drug-likeness (QED) is 0.772. The van der Waals surface area contributed by atoms with E-state index < -0.39 is 0 Å². The van der Waals surface area contributed by atoms with E-state index in [1.165, 1.54) is 6.42 Å². The summed E-state index contributed by atoms with van der Waals surface area (Å²) >= 11 is 6.03. The Morgan fingerprint density at radius 3 is 3.00 bits per heavy atom. The lowest BCUT2D eigenvalue weighted by atomic mass is 10.1. The molecule has 4 heteroatoms. The minimum atomic E-state index is 0.501. The standard InChI is InChI=1S/C13H16ClNO2/c1-15-5-4-11(7-15)9-17-13-3-2-10(8-16)6-12(13)14/h2-3,6,8,11H,4-5,7,9H2,1H3. The van der Waals surface area contributed by atoms with Crippen LogP contribution in [0.2, 0.25) is 5.02 Å². The minimum Gasteiger partial charge on any atom is -0.492 e. The zero-order chi connectivity index (χ0) is 12.3. The van der Waals surface area contributed by atoms with Crippen molar-refractivity contribution in [3.63, 3.8) is 0 Å². The average molecular weight is 254 g/mol. The van der Waals surface area contributed by atoms with Crippen molar-refractivity contribution in [2.45, 2.75) is 6.42 Å². The van der Waals surface area contributed by atoms with Gasteiger partial charge in [-0.05, 0) is 38.2 Å². The first kappa shape index (κ1) is 12.4. The Labute approximate surface area is 106 Å². The van der Waals surface area contributed by atoms with E-state index in [1.807, 2.05) is 0 Å². The Balaban J connectivity index is 1.92. The molecule has 0 aliphatic carbocycles. The highest BCUT2D eigenvalue weighted by atomic mass is 35.5. The van der Waals surface area contributed by atoms with Gasteiger partial charge < -0.3 is 9.64 Å². The lowest BCUT2D eigenvalue weighted by Gasteiger charge is -2.13. The topological polar surface area (TPSA) is 29.5 Å². The molecule has 1 aromatic rings. The lowest BCUT2D eigenvalue weighted by molar-refractivity contribution is 0.112. The number of benzene rings is 1. The molecule has 0 radical (unpaired) electrons. The monoisotopic (exact) mass is 253 g/mol. The number of carbonyl (C=O) groups excluding carboxylic acids is 1. The van der Waals surface area contributed by atoms with E-state index in [0.717, 1.165) is 19.4 Å². The summed E-state index contributed by atoms with van der Waals surface area (Å²) in [6.07, 6.45) is 1.95. The molecule has 17 heavy (non-hydrogen) atoms. The van der Waals surface area contributed by atoms with Crippen LogP contribution >= 0.6 is 11.6 Å². The predicted molar refractivity (Wildman–Crippen MR) is 67.9 cm³/mol. The van der Waals surface area contributed by atoms with E-state index in [0.29, 0.717) is 28.9 Å². The number of hydrogen-bond donors (Lipinski definition) is 0. The Bertz CT molecular complexity index is 408. The number of likely N-dealkylation sites (tertiary alicyclic amines) is 1. The normalized spacial score (nSPS) is 20.5. The number of halogens is 1. The molecule has 1 aliphatic heterocycles. The van der Waals surface area contributed by atoms with Crippen LogP contribution in [0.3, 0.4) is 0 Å². The van der Waals surface area contributed by atoms with E-state index in [9.17, 15) is 4.79 Å². The largest absolute Gasteiger partial charge is 0.492 e. The van der Waals surface area contributed by atoms with E-state index in [1.54, 1.807) is 18.2 Å². The summed E-state index contributed by atoms with van der Waals surface area (Å²) < 4.78 is 5.69. The molecule has 3 nitrogen and oxygen atoms in total. The maximum Gasteiger partial charge on any atom is 0.150 e.